The standard InChI is InChI=1S/C29H39N3O/c1-6-30-21-25(27(31(7-2)8-3)23-17-13-11-14-18-23)29(33)26(22-30)28(32(9-4)10-5)24-19-15-12-16-20-24/h11-20H,6-10,21-22H2,1-5H3. The lowest BCUT2D eigenvalue weighted by molar-refractivity contribution is -0.113. The third-order valence-corrected chi connectivity index (χ3v) is 6.58. The second-order valence-electron chi connectivity index (χ2n) is 8.36. The Morgan fingerprint density at radius 3 is 1.33 bits per heavy atom. The first kappa shape index (κ1) is 24.8. The van der Waals surface area contributed by atoms with Crippen LogP contribution in [-0.4, -0.2) is 66.3 Å². The number of nitrogens with zero attached hydrogens (tertiary/aromatic N) is 3. The molecule has 0 aromatic heterocycles. The van der Waals surface area contributed by atoms with Crippen LogP contribution in [0.3, 0.4) is 0 Å². The van der Waals surface area contributed by atoms with Gasteiger partial charge in [0.1, 0.15) is 0 Å². The van der Waals surface area contributed by atoms with Crippen molar-refractivity contribution in [1.29, 1.82) is 0 Å². The topological polar surface area (TPSA) is 26.8 Å². The zero-order valence-electron chi connectivity index (χ0n) is 21.0. The summed E-state index contributed by atoms with van der Waals surface area (Å²) in [5.74, 6) is 0.191. The second kappa shape index (κ2) is 11.9. The molecule has 4 heteroatoms. The molecule has 0 unspecified atom stereocenters. The summed E-state index contributed by atoms with van der Waals surface area (Å²) in [6, 6.07) is 20.8. The molecule has 3 rings (SSSR count). The average molecular weight is 446 g/mol. The van der Waals surface area contributed by atoms with Crippen LogP contribution in [-0.2, 0) is 4.79 Å². The largest absolute Gasteiger partial charge is 0.371 e. The highest BCUT2D eigenvalue weighted by molar-refractivity contribution is 6.17. The van der Waals surface area contributed by atoms with Gasteiger partial charge in [0.2, 0.25) is 0 Å². The molecule has 0 N–H and O–H groups in total. The van der Waals surface area contributed by atoms with Crippen LogP contribution in [0.1, 0.15) is 45.7 Å². The van der Waals surface area contributed by atoms with E-state index in [1.165, 1.54) is 0 Å². The molecule has 0 atom stereocenters. The van der Waals surface area contributed by atoms with E-state index in [2.05, 4.69) is 97.8 Å². The fourth-order valence-electron chi connectivity index (χ4n) is 4.78. The molecule has 1 aliphatic rings. The molecule has 2 aromatic carbocycles. The molecule has 1 saturated heterocycles. The molecule has 33 heavy (non-hydrogen) atoms. The van der Waals surface area contributed by atoms with E-state index in [-0.39, 0.29) is 5.78 Å². The summed E-state index contributed by atoms with van der Waals surface area (Å²) >= 11 is 0. The quantitative estimate of drug-likeness (QED) is 0.483. The Bertz CT molecular complexity index is 893. The van der Waals surface area contributed by atoms with Gasteiger partial charge >= 0.3 is 0 Å². The van der Waals surface area contributed by atoms with E-state index >= 15 is 0 Å². The maximum Gasteiger partial charge on any atom is 0.191 e. The Labute approximate surface area is 200 Å². The number of piperidine rings is 1. The molecule has 0 saturated carbocycles. The molecule has 176 valence electrons. The molecule has 0 spiro atoms. The van der Waals surface area contributed by atoms with Crippen LogP contribution >= 0.6 is 0 Å². The van der Waals surface area contributed by atoms with Crippen molar-refractivity contribution < 1.29 is 4.79 Å². The predicted molar refractivity (Wildman–Crippen MR) is 140 cm³/mol. The Kier molecular flexibility index (Phi) is 8.90. The Hall–Kier alpha value is -2.85. The minimum Gasteiger partial charge on any atom is -0.371 e. The van der Waals surface area contributed by atoms with E-state index < -0.39 is 0 Å². The Morgan fingerprint density at radius 2 is 1.03 bits per heavy atom. The molecular weight excluding hydrogens is 406 g/mol. The van der Waals surface area contributed by atoms with Gasteiger partial charge in [-0.1, -0.05) is 67.6 Å². The zero-order chi connectivity index (χ0) is 23.8. The van der Waals surface area contributed by atoms with Gasteiger partial charge < -0.3 is 9.80 Å². The van der Waals surface area contributed by atoms with E-state index in [0.29, 0.717) is 13.1 Å². The Morgan fingerprint density at radius 1 is 0.667 bits per heavy atom. The third-order valence-electron chi connectivity index (χ3n) is 6.58. The summed E-state index contributed by atoms with van der Waals surface area (Å²) in [6.45, 7) is 16.6. The van der Waals surface area contributed by atoms with Gasteiger partial charge in [-0.05, 0) is 45.4 Å². The van der Waals surface area contributed by atoms with E-state index in [0.717, 1.165) is 66.4 Å². The number of carbonyl (C=O) groups is 1. The number of rotatable bonds is 9. The van der Waals surface area contributed by atoms with Crippen molar-refractivity contribution in [3.63, 3.8) is 0 Å². The van der Waals surface area contributed by atoms with Gasteiger partial charge in [0.15, 0.2) is 5.78 Å². The fraction of sp³-hybridized carbons (Fsp3) is 0.414. The van der Waals surface area contributed by atoms with Crippen molar-refractivity contribution in [2.75, 3.05) is 45.8 Å². The SMILES string of the molecule is CCN1CC(=C(c2ccccc2)N(CC)CC)C(=O)C(=C(c2ccccc2)N(CC)CC)C1. The monoisotopic (exact) mass is 445 g/mol. The lowest BCUT2D eigenvalue weighted by atomic mass is 9.89. The van der Waals surface area contributed by atoms with Gasteiger partial charge in [0.25, 0.3) is 0 Å². The normalized spacial score (nSPS) is 17.7. The molecule has 0 bridgehead atoms. The molecule has 1 heterocycles. The molecule has 0 aliphatic carbocycles. The third kappa shape index (κ3) is 5.39. The van der Waals surface area contributed by atoms with Gasteiger partial charge in [-0.2, -0.15) is 0 Å². The Balaban J connectivity index is 2.31. The summed E-state index contributed by atoms with van der Waals surface area (Å²) in [5.41, 5.74) is 6.21. The van der Waals surface area contributed by atoms with Crippen molar-refractivity contribution in [2.45, 2.75) is 34.6 Å². The molecule has 2 aromatic rings. The number of likely N-dealkylation sites (tertiary alicyclic amines) is 1. The minimum atomic E-state index is 0.191. The lowest BCUT2D eigenvalue weighted by Crippen LogP contribution is -2.41. The van der Waals surface area contributed by atoms with Crippen molar-refractivity contribution in [3.8, 4) is 0 Å². The number of Topliss-reactive ketones (excluding diaryl/α,β-unsaturated/α-hetero) is 1. The van der Waals surface area contributed by atoms with Gasteiger partial charge in [-0.15, -0.1) is 0 Å². The molecule has 0 amide bonds. The zero-order valence-corrected chi connectivity index (χ0v) is 21.0. The number of carbonyl (C=O) groups excluding carboxylic acids is 1. The number of likely N-dealkylation sites (N-methyl/N-ethyl adjacent to an activating group) is 1. The molecule has 1 aliphatic heterocycles. The molecule has 4 nitrogen and oxygen atoms in total. The lowest BCUT2D eigenvalue weighted by Gasteiger charge is -2.36. The van der Waals surface area contributed by atoms with Crippen LogP contribution in [0.25, 0.3) is 11.4 Å². The van der Waals surface area contributed by atoms with Crippen molar-refractivity contribution >= 4 is 17.2 Å². The van der Waals surface area contributed by atoms with Crippen LogP contribution in [0.4, 0.5) is 0 Å². The van der Waals surface area contributed by atoms with Crippen LogP contribution < -0.4 is 0 Å². The highest BCUT2D eigenvalue weighted by Gasteiger charge is 2.33. The van der Waals surface area contributed by atoms with Crippen molar-refractivity contribution in [3.05, 3.63) is 82.9 Å². The van der Waals surface area contributed by atoms with Crippen LogP contribution in [0, 0.1) is 0 Å². The molecule has 1 fully saturated rings. The first-order valence-electron chi connectivity index (χ1n) is 12.4. The summed E-state index contributed by atoms with van der Waals surface area (Å²) in [4.78, 5) is 21.4. The maximum absolute atomic E-state index is 14.3. The summed E-state index contributed by atoms with van der Waals surface area (Å²) in [7, 11) is 0. The second-order valence-corrected chi connectivity index (χ2v) is 8.36. The first-order chi connectivity index (χ1) is 16.1. The number of hydrogen-bond donors (Lipinski definition) is 0. The highest BCUT2D eigenvalue weighted by Crippen LogP contribution is 2.33. The number of benzene rings is 2. The van der Waals surface area contributed by atoms with E-state index in [1.807, 2.05) is 12.1 Å². The van der Waals surface area contributed by atoms with Crippen LogP contribution in [0.15, 0.2) is 71.8 Å². The van der Waals surface area contributed by atoms with E-state index in [1.54, 1.807) is 0 Å². The fourth-order valence-corrected chi connectivity index (χ4v) is 4.78. The van der Waals surface area contributed by atoms with Crippen molar-refractivity contribution in [1.82, 2.24) is 14.7 Å². The average Bonchev–Trinajstić information content (AvgIpc) is 2.87. The maximum atomic E-state index is 14.3. The van der Waals surface area contributed by atoms with Gasteiger partial charge in [0.05, 0.1) is 11.4 Å². The highest BCUT2D eigenvalue weighted by atomic mass is 16.1. The van der Waals surface area contributed by atoms with Gasteiger partial charge in [-0.25, -0.2) is 0 Å². The van der Waals surface area contributed by atoms with Crippen LogP contribution in [0.2, 0.25) is 0 Å². The molecule has 0 radical (unpaired) electrons. The summed E-state index contributed by atoms with van der Waals surface area (Å²) < 4.78 is 0. The van der Waals surface area contributed by atoms with E-state index in [9.17, 15) is 4.79 Å². The first-order valence-corrected chi connectivity index (χ1v) is 12.4. The predicted octanol–water partition coefficient (Wildman–Crippen LogP) is 5.40. The smallest absolute Gasteiger partial charge is 0.191 e. The minimum absolute atomic E-state index is 0.191. The number of hydrogen-bond acceptors (Lipinski definition) is 4. The summed E-state index contributed by atoms with van der Waals surface area (Å²) in [6.07, 6.45) is 0. The summed E-state index contributed by atoms with van der Waals surface area (Å²) in [5, 5.41) is 0. The van der Waals surface area contributed by atoms with Gasteiger partial charge in [0, 0.05) is 50.4 Å². The van der Waals surface area contributed by atoms with Crippen molar-refractivity contribution in [2.24, 2.45) is 0 Å². The van der Waals surface area contributed by atoms with Gasteiger partial charge in [-0.3, -0.25) is 9.69 Å². The number of ketones is 1. The molecular formula is C29H39N3O. The van der Waals surface area contributed by atoms with Crippen LogP contribution in [0.5, 0.6) is 0 Å². The van der Waals surface area contributed by atoms with E-state index in [4.69, 9.17) is 0 Å².